The first-order valence-corrected chi connectivity index (χ1v) is 4.97. The van der Waals surface area contributed by atoms with Crippen LogP contribution in [-0.4, -0.2) is 23.8 Å². The second kappa shape index (κ2) is 6.07. The van der Waals surface area contributed by atoms with E-state index in [-0.39, 0.29) is 12.3 Å². The first-order valence-electron chi connectivity index (χ1n) is 4.97. The number of aliphatic hydroxyl groups is 1. The zero-order chi connectivity index (χ0) is 13.6. The number of hydrogen-bond acceptors (Lipinski definition) is 2. The van der Waals surface area contributed by atoms with Gasteiger partial charge in [-0.1, -0.05) is 11.8 Å². The number of halogens is 3. The molecule has 0 bridgehead atoms. The van der Waals surface area contributed by atoms with Crippen molar-refractivity contribution in [2.24, 2.45) is 0 Å². The minimum atomic E-state index is -4.52. The van der Waals surface area contributed by atoms with Crippen molar-refractivity contribution >= 4 is 11.6 Å². The highest BCUT2D eigenvalue weighted by Crippen LogP contribution is 2.20. The molecule has 1 amide bonds. The molecule has 1 aromatic rings. The van der Waals surface area contributed by atoms with Crippen LogP contribution in [0.5, 0.6) is 0 Å². The first-order chi connectivity index (χ1) is 8.40. The fourth-order valence-corrected chi connectivity index (χ4v) is 1.17. The van der Waals surface area contributed by atoms with Crippen LogP contribution in [0.4, 0.5) is 18.9 Å². The van der Waals surface area contributed by atoms with Crippen LogP contribution in [0.2, 0.25) is 0 Å². The quantitative estimate of drug-likeness (QED) is 0.795. The van der Waals surface area contributed by atoms with E-state index in [2.05, 4.69) is 17.2 Å². The average Bonchev–Trinajstić information content (AvgIpc) is 2.25. The van der Waals surface area contributed by atoms with E-state index in [9.17, 15) is 18.0 Å². The molecular formula is C12H10F3NO2. The minimum absolute atomic E-state index is 0.263. The lowest BCUT2D eigenvalue weighted by Gasteiger charge is -2.07. The summed E-state index contributed by atoms with van der Waals surface area (Å²) in [6, 6.07) is 5.95. The Morgan fingerprint density at radius 1 is 1.28 bits per heavy atom. The van der Waals surface area contributed by atoms with E-state index >= 15 is 0 Å². The lowest BCUT2D eigenvalue weighted by molar-refractivity contribution is -0.150. The number of nitrogens with one attached hydrogen (secondary N) is 1. The Kier molecular flexibility index (Phi) is 4.75. The number of anilines is 1. The van der Waals surface area contributed by atoms with Gasteiger partial charge in [-0.2, -0.15) is 13.2 Å². The molecule has 0 atom stereocenters. The molecule has 0 heterocycles. The van der Waals surface area contributed by atoms with Gasteiger partial charge in [-0.3, -0.25) is 4.79 Å². The molecule has 3 nitrogen and oxygen atoms in total. The molecule has 1 rings (SSSR count). The van der Waals surface area contributed by atoms with Crippen LogP contribution < -0.4 is 5.32 Å². The van der Waals surface area contributed by atoms with E-state index in [0.29, 0.717) is 5.56 Å². The Hall–Kier alpha value is -2.00. The van der Waals surface area contributed by atoms with Gasteiger partial charge in [0, 0.05) is 11.3 Å². The van der Waals surface area contributed by atoms with Crippen molar-refractivity contribution in [3.63, 3.8) is 0 Å². The second-order valence-corrected chi connectivity index (χ2v) is 3.38. The summed E-state index contributed by atoms with van der Waals surface area (Å²) >= 11 is 0. The van der Waals surface area contributed by atoms with Gasteiger partial charge < -0.3 is 10.4 Å². The molecule has 0 radical (unpaired) electrons. The lowest BCUT2D eigenvalue weighted by atomic mass is 10.2. The van der Waals surface area contributed by atoms with Gasteiger partial charge >= 0.3 is 6.18 Å². The maximum absolute atomic E-state index is 11.9. The third-order valence-electron chi connectivity index (χ3n) is 1.84. The van der Waals surface area contributed by atoms with Gasteiger partial charge in [0.15, 0.2) is 0 Å². The van der Waals surface area contributed by atoms with Crippen molar-refractivity contribution in [2.45, 2.75) is 12.6 Å². The van der Waals surface area contributed by atoms with Crippen molar-refractivity contribution in [1.29, 1.82) is 0 Å². The highest BCUT2D eigenvalue weighted by Gasteiger charge is 2.31. The SMILES string of the molecule is O=C(CC(F)(F)F)Nc1ccc(C#CCO)cc1. The third-order valence-corrected chi connectivity index (χ3v) is 1.84. The molecule has 2 N–H and O–H groups in total. The number of hydrogen-bond donors (Lipinski definition) is 2. The van der Waals surface area contributed by atoms with E-state index in [1.165, 1.54) is 24.3 Å². The Morgan fingerprint density at radius 2 is 1.89 bits per heavy atom. The highest BCUT2D eigenvalue weighted by molar-refractivity contribution is 5.91. The topological polar surface area (TPSA) is 49.3 Å². The largest absolute Gasteiger partial charge is 0.397 e. The van der Waals surface area contributed by atoms with Gasteiger partial charge in [-0.25, -0.2) is 0 Å². The maximum Gasteiger partial charge on any atom is 0.397 e. The summed E-state index contributed by atoms with van der Waals surface area (Å²) in [6.07, 6.45) is -6.03. The Labute approximate surface area is 102 Å². The van der Waals surface area contributed by atoms with Crippen molar-refractivity contribution in [3.8, 4) is 11.8 Å². The Balaban J connectivity index is 2.61. The number of rotatable bonds is 2. The number of aliphatic hydroxyl groups excluding tert-OH is 1. The molecule has 96 valence electrons. The highest BCUT2D eigenvalue weighted by atomic mass is 19.4. The molecule has 0 aliphatic rings. The lowest BCUT2D eigenvalue weighted by Crippen LogP contribution is -2.21. The molecule has 0 aliphatic heterocycles. The molecule has 6 heteroatoms. The van der Waals surface area contributed by atoms with Crippen LogP contribution in [0.25, 0.3) is 0 Å². The first kappa shape index (κ1) is 14.1. The zero-order valence-electron chi connectivity index (χ0n) is 9.21. The van der Waals surface area contributed by atoms with Gasteiger partial charge in [0.25, 0.3) is 0 Å². The normalized spacial score (nSPS) is 10.4. The number of amides is 1. The van der Waals surface area contributed by atoms with Gasteiger partial charge in [0.2, 0.25) is 5.91 Å². The van der Waals surface area contributed by atoms with Crippen molar-refractivity contribution in [1.82, 2.24) is 0 Å². The van der Waals surface area contributed by atoms with Crippen LogP contribution in [-0.2, 0) is 4.79 Å². The van der Waals surface area contributed by atoms with Gasteiger partial charge in [0.1, 0.15) is 13.0 Å². The molecule has 0 saturated heterocycles. The van der Waals surface area contributed by atoms with Gasteiger partial charge in [0.05, 0.1) is 0 Å². The zero-order valence-corrected chi connectivity index (χ0v) is 9.21. The summed E-state index contributed by atoms with van der Waals surface area (Å²) in [7, 11) is 0. The molecule has 0 spiro atoms. The van der Waals surface area contributed by atoms with Crippen LogP contribution in [0.1, 0.15) is 12.0 Å². The van der Waals surface area contributed by atoms with E-state index in [1.807, 2.05) is 0 Å². The monoisotopic (exact) mass is 257 g/mol. The second-order valence-electron chi connectivity index (χ2n) is 3.38. The molecule has 0 unspecified atom stereocenters. The molecule has 1 aromatic carbocycles. The van der Waals surface area contributed by atoms with Crippen LogP contribution in [0.3, 0.4) is 0 Å². The molecule has 0 aliphatic carbocycles. The van der Waals surface area contributed by atoms with E-state index in [1.54, 1.807) is 0 Å². The summed E-state index contributed by atoms with van der Waals surface area (Å²) in [5, 5.41) is 10.6. The number of carbonyl (C=O) groups excluding carboxylic acids is 1. The smallest absolute Gasteiger partial charge is 0.384 e. The van der Waals surface area contributed by atoms with Gasteiger partial charge in [-0.15, -0.1) is 0 Å². The summed E-state index contributed by atoms with van der Waals surface area (Å²) in [5.41, 5.74) is 0.858. The van der Waals surface area contributed by atoms with Crippen LogP contribution in [0, 0.1) is 11.8 Å². The number of carbonyl (C=O) groups is 1. The molecular weight excluding hydrogens is 247 g/mol. The minimum Gasteiger partial charge on any atom is -0.384 e. The van der Waals surface area contributed by atoms with Gasteiger partial charge in [-0.05, 0) is 24.3 Å². The molecule has 0 fully saturated rings. The standard InChI is InChI=1S/C12H10F3NO2/c13-12(14,15)8-11(18)16-10-5-3-9(4-6-10)2-1-7-17/h3-6,17H,7-8H2,(H,16,18). The van der Waals surface area contributed by atoms with Crippen molar-refractivity contribution in [3.05, 3.63) is 29.8 Å². The Bertz CT molecular complexity index is 469. The predicted octanol–water partition coefficient (Wildman–Crippen LogP) is 1.92. The fraction of sp³-hybridized carbons (Fsp3) is 0.250. The number of alkyl halides is 3. The summed E-state index contributed by atoms with van der Waals surface area (Å²) in [6.45, 7) is -0.274. The van der Waals surface area contributed by atoms with E-state index in [4.69, 9.17) is 5.11 Å². The summed E-state index contributed by atoms with van der Waals surface area (Å²) in [4.78, 5) is 11.0. The van der Waals surface area contributed by atoms with Crippen molar-refractivity contribution < 1.29 is 23.1 Å². The van der Waals surface area contributed by atoms with E-state index < -0.39 is 18.5 Å². The van der Waals surface area contributed by atoms with E-state index in [0.717, 1.165) is 0 Å². The average molecular weight is 257 g/mol. The fourth-order valence-electron chi connectivity index (χ4n) is 1.17. The number of benzene rings is 1. The van der Waals surface area contributed by atoms with Crippen LogP contribution >= 0.6 is 0 Å². The summed E-state index contributed by atoms with van der Waals surface area (Å²) < 4.78 is 35.7. The molecule has 18 heavy (non-hydrogen) atoms. The van der Waals surface area contributed by atoms with Crippen molar-refractivity contribution in [2.75, 3.05) is 11.9 Å². The maximum atomic E-state index is 11.9. The third kappa shape index (κ3) is 5.37. The van der Waals surface area contributed by atoms with Crippen LogP contribution in [0.15, 0.2) is 24.3 Å². The predicted molar refractivity (Wildman–Crippen MR) is 59.7 cm³/mol. The molecule has 0 saturated carbocycles. The molecule has 0 aromatic heterocycles. The summed E-state index contributed by atoms with van der Waals surface area (Å²) in [5.74, 6) is 3.93. The Morgan fingerprint density at radius 3 is 2.39 bits per heavy atom.